The van der Waals surface area contributed by atoms with Crippen LogP contribution in [0.5, 0.6) is 0 Å². The summed E-state index contributed by atoms with van der Waals surface area (Å²) in [4.78, 5) is 105. The molecule has 729 valence electrons. The second-order valence-electron chi connectivity index (χ2n) is 35.8. The number of aromatic nitrogens is 2. The number of benzene rings is 10. The summed E-state index contributed by atoms with van der Waals surface area (Å²) in [5.74, 6) is -2.33. The number of rotatable bonds is 28. The van der Waals surface area contributed by atoms with Gasteiger partial charge >= 0.3 is 35.8 Å². The molecule has 10 aromatic carbocycles. The number of nitrogens with two attached hydrogens (primary N) is 1. The van der Waals surface area contributed by atoms with Crippen molar-refractivity contribution in [2.24, 2.45) is 28.7 Å². The van der Waals surface area contributed by atoms with Crippen LogP contribution in [0.4, 0.5) is 23.2 Å². The predicted molar refractivity (Wildman–Crippen MR) is 532 cm³/mol. The van der Waals surface area contributed by atoms with Crippen LogP contribution in [-0.4, -0.2) is 106 Å². The first kappa shape index (κ1) is 111. The molecule has 17 rings (SSSR count). The number of ether oxygens (including phenoxy) is 6. The zero-order valence-corrected chi connectivity index (χ0v) is 79.8. The number of Topliss-reactive ketones (excluding diaryl/α,β-unsaturated/α-hetero) is 1. The monoisotopic (exact) mass is 1930 g/mol. The van der Waals surface area contributed by atoms with Crippen LogP contribution in [0.3, 0.4) is 0 Å². The lowest BCUT2D eigenvalue weighted by Crippen LogP contribution is -2.25. The van der Waals surface area contributed by atoms with Crippen LogP contribution in [0, 0.1) is 46.9 Å². The molecular formula is C112H120BCl2F4N4O16. The number of aliphatic imine (C=N–C) groups is 1. The number of alkyl halides is 2. The summed E-state index contributed by atoms with van der Waals surface area (Å²) in [6, 6.07) is 71.4. The number of fused-ring (bicyclic) bond motifs is 2. The lowest BCUT2D eigenvalue weighted by molar-refractivity contribution is -0.157. The van der Waals surface area contributed by atoms with Crippen molar-refractivity contribution in [2.75, 3.05) is 24.3 Å². The van der Waals surface area contributed by atoms with E-state index in [0.29, 0.717) is 37.7 Å². The number of isocyanates is 1. The molecule has 0 bridgehead atoms. The van der Waals surface area contributed by atoms with Crippen LogP contribution in [0.15, 0.2) is 272 Å². The highest BCUT2D eigenvalue weighted by molar-refractivity contribution is 6.40. The van der Waals surface area contributed by atoms with Gasteiger partial charge in [-0.15, -0.1) is 23.2 Å². The number of carbonyl (C=O) groups is 7. The topological polar surface area (TPSA) is 297 Å². The molecule has 1 saturated heterocycles. The Balaban J connectivity index is 0.000000208. The van der Waals surface area contributed by atoms with Gasteiger partial charge in [-0.2, -0.15) is 0 Å². The Morgan fingerprint density at radius 3 is 1.13 bits per heavy atom. The van der Waals surface area contributed by atoms with Crippen molar-refractivity contribution in [1.29, 1.82) is 0 Å². The number of aryl methyl sites for hydroxylation is 3. The van der Waals surface area contributed by atoms with Gasteiger partial charge in [0.15, 0.2) is 0 Å². The number of anilines is 1. The van der Waals surface area contributed by atoms with E-state index in [-0.39, 0.29) is 180 Å². The van der Waals surface area contributed by atoms with Crippen molar-refractivity contribution < 1.29 is 94.6 Å². The number of carboxylic acids is 1. The molecule has 2 aromatic heterocycles. The number of esters is 5. The lowest BCUT2D eigenvalue weighted by atomic mass is 10.0. The number of hydrogen-bond acceptors (Lipinski definition) is 19. The summed E-state index contributed by atoms with van der Waals surface area (Å²) in [5.41, 5.74) is 17.5. The Morgan fingerprint density at radius 1 is 0.439 bits per heavy atom. The van der Waals surface area contributed by atoms with E-state index in [0.717, 1.165) is 126 Å². The molecule has 12 aromatic rings. The maximum Gasteiger partial charge on any atom is 0.310 e. The molecule has 5 fully saturated rings. The van der Waals surface area contributed by atoms with E-state index in [4.69, 9.17) is 67.6 Å². The molecule has 20 nitrogen and oxygen atoms in total. The molecule has 0 amide bonds. The summed E-state index contributed by atoms with van der Waals surface area (Å²) < 4.78 is 83.6. The quantitative estimate of drug-likeness (QED) is 0.00600. The van der Waals surface area contributed by atoms with Crippen LogP contribution in [0.2, 0.25) is 0 Å². The fraction of sp³-hybridized carbons (Fsp3) is 0.339. The molecule has 8 atom stereocenters. The number of aliphatic carboxylic acids is 1. The summed E-state index contributed by atoms with van der Waals surface area (Å²) in [6.45, 7) is 14.1. The van der Waals surface area contributed by atoms with Gasteiger partial charge in [0.25, 0.3) is 0 Å². The molecular weight excluding hydrogens is 1810 g/mol. The van der Waals surface area contributed by atoms with Gasteiger partial charge in [-0.1, -0.05) is 177 Å². The minimum atomic E-state index is -0.749. The molecule has 1 aliphatic heterocycles. The lowest BCUT2D eigenvalue weighted by Gasteiger charge is -2.19. The second kappa shape index (κ2) is 56.1. The van der Waals surface area contributed by atoms with Gasteiger partial charge in [-0.25, -0.2) is 27.3 Å². The average molecular weight is 1940 g/mol. The number of pyridine rings is 2. The maximum atomic E-state index is 13.2. The summed E-state index contributed by atoms with van der Waals surface area (Å²) in [5, 5.41) is 22.6. The smallest absolute Gasteiger partial charge is 0.310 e. The average Bonchev–Trinajstić information content (AvgIpc) is 1.67. The van der Waals surface area contributed by atoms with Crippen molar-refractivity contribution in [1.82, 2.24) is 9.97 Å². The number of aliphatic hydroxyl groups is 1. The molecule has 3 radical (unpaired) electrons. The highest BCUT2D eigenvalue weighted by Crippen LogP contribution is 2.51. The summed E-state index contributed by atoms with van der Waals surface area (Å²) in [6.07, 6.45) is 16.8. The zero-order valence-electron chi connectivity index (χ0n) is 78.2. The number of hydrogen-bond donors (Lipinski definition) is 3. The molecule has 5 aliphatic rings. The fourth-order valence-corrected chi connectivity index (χ4v) is 15.1. The number of nitrogen functional groups attached to an aromatic ring is 1. The van der Waals surface area contributed by atoms with E-state index in [1.54, 1.807) is 60.9 Å². The number of carbonyl (C=O) groups excluding carboxylic acids is 7. The van der Waals surface area contributed by atoms with Gasteiger partial charge in [0.05, 0.1) is 36.2 Å². The van der Waals surface area contributed by atoms with Gasteiger partial charge in [0.2, 0.25) is 6.08 Å². The number of halogens is 6. The van der Waals surface area contributed by atoms with Crippen molar-refractivity contribution >= 4 is 107 Å². The molecule has 4 saturated carbocycles. The number of ketones is 1. The molecule has 27 heteroatoms. The van der Waals surface area contributed by atoms with Gasteiger partial charge in [0.1, 0.15) is 60.1 Å². The van der Waals surface area contributed by atoms with E-state index < -0.39 is 17.2 Å². The largest absolute Gasteiger partial charge is 0.481 e. The van der Waals surface area contributed by atoms with Crippen molar-refractivity contribution in [3.05, 3.63) is 363 Å². The Labute approximate surface area is 822 Å². The summed E-state index contributed by atoms with van der Waals surface area (Å²) >= 11 is 9.53. The number of carboxylic acid groups (broad SMARTS) is 1. The molecule has 3 heterocycles. The third-order valence-corrected chi connectivity index (χ3v) is 22.6. The van der Waals surface area contributed by atoms with Gasteiger partial charge < -0.3 is 44.4 Å². The molecule has 0 unspecified atom stereocenters. The Bertz CT molecular complexity index is 6010. The van der Waals surface area contributed by atoms with Gasteiger partial charge in [0, 0.05) is 94.5 Å². The number of aliphatic hydroxyl groups excluding tert-OH is 1. The third kappa shape index (κ3) is 39.8. The van der Waals surface area contributed by atoms with Crippen molar-refractivity contribution in [2.45, 2.75) is 200 Å². The van der Waals surface area contributed by atoms with E-state index in [1.807, 2.05) is 193 Å². The SMILES string of the molecule is C.C1CCOC1.CC(C)(C)OC(=O)[C@@H]1C[C@H]1c1ccc(CO)cc1.CC(C)(C)OC(=O)[C@@H]1C[C@H]1c1ccc(COC(=O)CCc2cccc(F)c2)cc1.ClCCl.Nc1ccc2cnccc2c1.O=C(CCc1cccc(F)c1)OCc1ccc([C@@H]2C[C@H]2C(=O)Cc2ccc3cnccc3c2)cc1.O=C(CCc1cccc(F)c1)OCc1ccc([C@@H]2C[C@H]2C(=O)O)cc1.O=C=NCc1cccc(F)c1.[B]. The Kier molecular flexibility index (Phi) is 44.9. The normalized spacial score (nSPS) is 16.8. The Hall–Kier alpha value is -13.0. The number of nitrogens with zero attached hydrogens (tertiary/aromatic N) is 3. The highest BCUT2D eigenvalue weighted by Gasteiger charge is 2.48. The molecule has 4 N–H and O–H groups in total. The van der Waals surface area contributed by atoms with E-state index in [9.17, 15) is 55.9 Å². The zero-order chi connectivity index (χ0) is 98.4. The van der Waals surface area contributed by atoms with Crippen LogP contribution < -0.4 is 5.73 Å². The maximum absolute atomic E-state index is 13.2. The first-order chi connectivity index (χ1) is 65.8. The Morgan fingerprint density at radius 2 is 0.777 bits per heavy atom. The summed E-state index contributed by atoms with van der Waals surface area (Å²) in [7, 11) is 0. The van der Waals surface area contributed by atoms with Crippen LogP contribution in [0.25, 0.3) is 21.5 Å². The molecule has 0 spiro atoms. The van der Waals surface area contributed by atoms with E-state index >= 15 is 0 Å². The van der Waals surface area contributed by atoms with Crippen LogP contribution in [-0.2, 0) is 125 Å². The van der Waals surface area contributed by atoms with Crippen molar-refractivity contribution in [3.8, 4) is 0 Å². The van der Waals surface area contributed by atoms with Crippen LogP contribution >= 0.6 is 23.2 Å². The molecule has 139 heavy (non-hydrogen) atoms. The predicted octanol–water partition coefficient (Wildman–Crippen LogP) is 23.2. The van der Waals surface area contributed by atoms with Gasteiger partial charge in [-0.3, -0.25) is 43.5 Å². The van der Waals surface area contributed by atoms with Gasteiger partial charge in [-0.05, 0) is 279 Å². The van der Waals surface area contributed by atoms with Crippen molar-refractivity contribution in [3.63, 3.8) is 0 Å². The first-order valence-corrected chi connectivity index (χ1v) is 46.6. The van der Waals surface area contributed by atoms with E-state index in [1.165, 1.54) is 67.5 Å². The van der Waals surface area contributed by atoms with Crippen LogP contribution in [0.1, 0.15) is 203 Å². The minimum absolute atomic E-state index is 0. The fourth-order valence-electron chi connectivity index (χ4n) is 15.1. The second-order valence-corrected chi connectivity index (χ2v) is 36.6. The highest BCUT2D eigenvalue weighted by atomic mass is 35.5. The van der Waals surface area contributed by atoms with E-state index in [2.05, 4.69) is 21.0 Å². The standard InChI is InChI=1S/C30H26FNO3.C24H27FO4.C20H19FO4.C15H20O3.C9H8N2.C8H6FNO.C4H8O.CH2Cl2.CH4.B/c31-26-3-1-2-20(15-26)7-11-30(34)35-19-21-4-8-23(9-5-21)27-17-28(27)29(33)16-22-6-10-25-18-32-13-12-24(25)14-22;1-24(2,3)29-23(27)21-14-20(21)18-10-7-17(8-11-18)15-28-22(26)12-9-16-5-4-6-19(25)13-16;21-16-3-1-2-13(10-16)6-9-19(22)25-12-14-4-7-15(8-5-14)17-11-18(17)20(23)24;1-15(2,3)18-14(17)13-8-12(13)11-6-4-10(9-16)5-7-11;10-9-2-1-8-6-11-4-3-7(8)5-9;9-8-3-1-2-7(4-8)5-10-6-11;1-2-4-5-3-1;2-1-3;;/h1-6,8-10,12-15,18,27-28H,7,11,16-17,19H2;4-8,10-11,13,20-21H,9,12,14-15H2,1-3H3;1-5,7-8,10,17-18H,6,9,11-12H2,(H,23,24);4-7,12-13,16H,8-9H2,1-3H3;1-6H,10H2;1-4H,5H2;1-4H2;1H2;1H4;/t27-,28+;20-,21+;17-,18+;12-,13+;;;;;;/m0000....../s1. The minimum Gasteiger partial charge on any atom is -0.481 e. The third-order valence-electron chi connectivity index (χ3n) is 22.6. The first-order valence-electron chi connectivity index (χ1n) is 45.6. The molecule has 4 aliphatic carbocycles.